The van der Waals surface area contributed by atoms with Crippen LogP contribution in [-0.2, 0) is 4.79 Å². The Morgan fingerprint density at radius 2 is 1.84 bits per heavy atom. The molecule has 162 valence electrons. The number of hydrogen-bond donors (Lipinski definition) is 2. The van der Waals surface area contributed by atoms with Crippen molar-refractivity contribution in [1.29, 1.82) is 0 Å². The highest BCUT2D eigenvalue weighted by Gasteiger charge is 2.16. The Hall–Kier alpha value is -3.65. The predicted octanol–water partition coefficient (Wildman–Crippen LogP) is 4.69. The van der Waals surface area contributed by atoms with Gasteiger partial charge in [0, 0.05) is 15.7 Å². The molecule has 0 aliphatic rings. The molecule has 4 rings (SSSR count). The number of rotatable bonds is 6. The van der Waals surface area contributed by atoms with E-state index in [1.807, 2.05) is 37.3 Å². The molecule has 0 fully saturated rings. The van der Waals surface area contributed by atoms with Crippen LogP contribution < -0.4 is 20.3 Å². The third kappa shape index (κ3) is 4.65. The van der Waals surface area contributed by atoms with Gasteiger partial charge in [0.05, 0.1) is 18.0 Å². The smallest absolute Gasteiger partial charge is 0.262 e. The molecule has 0 aliphatic carbocycles. The van der Waals surface area contributed by atoms with Crippen LogP contribution in [0.3, 0.4) is 0 Å². The Bertz CT molecular complexity index is 1350. The van der Waals surface area contributed by atoms with Crippen molar-refractivity contribution in [3.63, 3.8) is 0 Å². The third-order valence-electron chi connectivity index (χ3n) is 4.82. The summed E-state index contributed by atoms with van der Waals surface area (Å²) in [7, 11) is 1.50. The van der Waals surface area contributed by atoms with Crippen molar-refractivity contribution in [2.24, 2.45) is 0 Å². The number of carbonyl (C=O) groups excluding carboxylic acids is 1. The number of hydrogen-bond acceptors (Lipinski definition) is 5. The molecule has 0 radical (unpaired) electrons. The van der Waals surface area contributed by atoms with E-state index in [-0.39, 0.29) is 18.1 Å². The van der Waals surface area contributed by atoms with Gasteiger partial charge in [-0.25, -0.2) is 4.98 Å². The molecule has 0 saturated carbocycles. The average molecular weight is 494 g/mol. The minimum Gasteiger partial charge on any atom is -0.493 e. The van der Waals surface area contributed by atoms with Crippen LogP contribution in [0.15, 0.2) is 69.9 Å². The molecule has 32 heavy (non-hydrogen) atoms. The number of anilines is 1. The van der Waals surface area contributed by atoms with Crippen LogP contribution in [0.2, 0.25) is 0 Å². The van der Waals surface area contributed by atoms with Gasteiger partial charge < -0.3 is 19.8 Å². The zero-order valence-electron chi connectivity index (χ0n) is 17.4. The van der Waals surface area contributed by atoms with Crippen molar-refractivity contribution in [1.82, 2.24) is 9.97 Å². The summed E-state index contributed by atoms with van der Waals surface area (Å²) in [5, 5.41) is 3.30. The van der Waals surface area contributed by atoms with E-state index in [1.54, 1.807) is 30.3 Å². The van der Waals surface area contributed by atoms with Crippen molar-refractivity contribution in [2.45, 2.75) is 6.92 Å². The number of nitrogens with zero attached hydrogens (tertiary/aromatic N) is 1. The van der Waals surface area contributed by atoms with E-state index in [9.17, 15) is 9.59 Å². The summed E-state index contributed by atoms with van der Waals surface area (Å²) in [6.45, 7) is 1.78. The van der Waals surface area contributed by atoms with Crippen molar-refractivity contribution in [3.05, 3.63) is 81.1 Å². The number of H-pyrrole nitrogens is 1. The van der Waals surface area contributed by atoms with Gasteiger partial charge in [0.2, 0.25) is 0 Å². The van der Waals surface area contributed by atoms with Crippen molar-refractivity contribution < 1.29 is 14.3 Å². The SMILES string of the molecule is COc1cc(-c2nc3ccccc3c(=O)[nH]2)c(Br)cc1OCC(=O)Nc1ccc(C)cc1. The second kappa shape index (κ2) is 9.23. The van der Waals surface area contributed by atoms with Gasteiger partial charge >= 0.3 is 0 Å². The first-order valence-electron chi connectivity index (χ1n) is 9.81. The lowest BCUT2D eigenvalue weighted by atomic mass is 10.1. The highest BCUT2D eigenvalue weighted by atomic mass is 79.9. The van der Waals surface area contributed by atoms with E-state index in [4.69, 9.17) is 9.47 Å². The summed E-state index contributed by atoms with van der Waals surface area (Å²) < 4.78 is 11.8. The van der Waals surface area contributed by atoms with Crippen LogP contribution in [0, 0.1) is 6.92 Å². The van der Waals surface area contributed by atoms with E-state index in [1.165, 1.54) is 7.11 Å². The molecule has 1 amide bonds. The summed E-state index contributed by atoms with van der Waals surface area (Å²) in [5.41, 5.74) is 2.78. The summed E-state index contributed by atoms with van der Waals surface area (Å²) in [5.74, 6) is 0.881. The van der Waals surface area contributed by atoms with E-state index in [0.717, 1.165) is 5.56 Å². The van der Waals surface area contributed by atoms with Gasteiger partial charge in [-0.05, 0) is 59.3 Å². The Morgan fingerprint density at radius 1 is 1.09 bits per heavy atom. The minimum absolute atomic E-state index is 0.193. The number of aromatic nitrogens is 2. The molecule has 7 nitrogen and oxygen atoms in total. The maximum atomic E-state index is 12.4. The fourth-order valence-corrected chi connectivity index (χ4v) is 3.69. The monoisotopic (exact) mass is 493 g/mol. The number of aryl methyl sites for hydroxylation is 1. The average Bonchev–Trinajstić information content (AvgIpc) is 2.79. The van der Waals surface area contributed by atoms with E-state index in [0.29, 0.717) is 43.9 Å². The number of halogens is 1. The van der Waals surface area contributed by atoms with Gasteiger partial charge in [-0.2, -0.15) is 0 Å². The first-order valence-corrected chi connectivity index (χ1v) is 10.6. The fourth-order valence-electron chi connectivity index (χ4n) is 3.18. The number of methoxy groups -OCH3 is 1. The summed E-state index contributed by atoms with van der Waals surface area (Å²) in [4.78, 5) is 32.1. The van der Waals surface area contributed by atoms with Gasteiger partial charge in [-0.15, -0.1) is 0 Å². The minimum atomic E-state index is -0.295. The third-order valence-corrected chi connectivity index (χ3v) is 5.47. The molecule has 3 aromatic carbocycles. The summed E-state index contributed by atoms with van der Waals surface area (Å²) >= 11 is 3.51. The van der Waals surface area contributed by atoms with Crippen LogP contribution in [0.5, 0.6) is 11.5 Å². The Balaban J connectivity index is 1.56. The fraction of sp³-hybridized carbons (Fsp3) is 0.125. The first-order chi connectivity index (χ1) is 15.4. The number of ether oxygens (including phenoxy) is 2. The second-order valence-corrected chi connectivity index (χ2v) is 7.97. The van der Waals surface area contributed by atoms with E-state index >= 15 is 0 Å². The van der Waals surface area contributed by atoms with Gasteiger partial charge in [-0.3, -0.25) is 9.59 Å². The molecular weight excluding hydrogens is 474 g/mol. The first kappa shape index (κ1) is 21.6. The Kier molecular flexibility index (Phi) is 6.23. The number of amides is 1. The van der Waals surface area contributed by atoms with Crippen molar-refractivity contribution >= 4 is 38.4 Å². The van der Waals surface area contributed by atoms with Crippen LogP contribution in [0.25, 0.3) is 22.3 Å². The van der Waals surface area contributed by atoms with Crippen molar-refractivity contribution in [2.75, 3.05) is 19.0 Å². The number of benzene rings is 3. The molecule has 1 aromatic heterocycles. The number of fused-ring (bicyclic) bond motifs is 1. The maximum Gasteiger partial charge on any atom is 0.262 e. The highest BCUT2D eigenvalue weighted by molar-refractivity contribution is 9.10. The lowest BCUT2D eigenvalue weighted by molar-refractivity contribution is -0.118. The number of para-hydroxylation sites is 1. The molecular formula is C24H20BrN3O4. The predicted molar refractivity (Wildman–Crippen MR) is 127 cm³/mol. The molecule has 0 aliphatic heterocycles. The Morgan fingerprint density at radius 3 is 2.59 bits per heavy atom. The molecule has 0 saturated heterocycles. The lowest BCUT2D eigenvalue weighted by Crippen LogP contribution is -2.20. The molecule has 4 aromatic rings. The van der Waals surface area contributed by atoms with Crippen LogP contribution in [-0.4, -0.2) is 29.6 Å². The van der Waals surface area contributed by atoms with Crippen LogP contribution in [0.4, 0.5) is 5.69 Å². The highest BCUT2D eigenvalue weighted by Crippen LogP contribution is 2.37. The molecule has 2 N–H and O–H groups in total. The number of carbonyl (C=O) groups is 1. The molecule has 0 spiro atoms. The zero-order chi connectivity index (χ0) is 22.7. The van der Waals surface area contributed by atoms with Crippen LogP contribution in [0.1, 0.15) is 5.56 Å². The van der Waals surface area contributed by atoms with E-state index < -0.39 is 0 Å². The molecule has 8 heteroatoms. The van der Waals surface area contributed by atoms with Crippen molar-refractivity contribution in [3.8, 4) is 22.9 Å². The van der Waals surface area contributed by atoms with Gasteiger partial charge in [0.25, 0.3) is 11.5 Å². The molecule has 0 unspecified atom stereocenters. The number of nitrogens with one attached hydrogen (secondary N) is 2. The van der Waals surface area contributed by atoms with Gasteiger partial charge in [0.15, 0.2) is 18.1 Å². The molecule has 0 bridgehead atoms. The second-order valence-electron chi connectivity index (χ2n) is 7.12. The zero-order valence-corrected chi connectivity index (χ0v) is 19.0. The standard InChI is InChI=1S/C24H20BrN3O4/c1-14-7-9-15(10-8-14)26-22(29)13-32-21-12-18(25)17(11-20(21)31-2)23-27-19-6-4-3-5-16(19)24(30)28-23/h3-12H,13H2,1-2H3,(H,26,29)(H,27,28,30). The summed E-state index contributed by atoms with van der Waals surface area (Å²) in [6.07, 6.45) is 0. The van der Waals surface area contributed by atoms with Gasteiger partial charge in [0.1, 0.15) is 5.82 Å². The Labute approximate surface area is 192 Å². The quantitative estimate of drug-likeness (QED) is 0.406. The molecule has 1 heterocycles. The van der Waals surface area contributed by atoms with Crippen LogP contribution >= 0.6 is 15.9 Å². The largest absolute Gasteiger partial charge is 0.493 e. The maximum absolute atomic E-state index is 12.4. The topological polar surface area (TPSA) is 93.3 Å². The van der Waals surface area contributed by atoms with E-state index in [2.05, 4.69) is 31.2 Å². The normalized spacial score (nSPS) is 10.7. The number of aromatic amines is 1. The summed E-state index contributed by atoms with van der Waals surface area (Å²) in [6, 6.07) is 18.0. The van der Waals surface area contributed by atoms with Gasteiger partial charge in [-0.1, -0.05) is 29.8 Å². The molecule has 0 atom stereocenters. The lowest BCUT2D eigenvalue weighted by Gasteiger charge is -2.14.